The first-order chi connectivity index (χ1) is 11.6. The zero-order valence-corrected chi connectivity index (χ0v) is 14.6. The highest BCUT2D eigenvalue weighted by molar-refractivity contribution is 5.29. The van der Waals surface area contributed by atoms with Crippen LogP contribution in [0.2, 0.25) is 0 Å². The Bertz CT molecular complexity index is 597. The predicted octanol–water partition coefficient (Wildman–Crippen LogP) is 2.63. The van der Waals surface area contributed by atoms with Gasteiger partial charge < -0.3 is 20.5 Å². The van der Waals surface area contributed by atoms with Gasteiger partial charge in [-0.1, -0.05) is 42.0 Å². The second-order valence-corrected chi connectivity index (χ2v) is 6.15. The average Bonchev–Trinajstić information content (AvgIpc) is 2.58. The Balaban J connectivity index is 1.71. The van der Waals surface area contributed by atoms with Crippen molar-refractivity contribution >= 4 is 0 Å². The van der Waals surface area contributed by atoms with Crippen LogP contribution in [0.1, 0.15) is 23.6 Å². The van der Waals surface area contributed by atoms with Crippen LogP contribution in [0.3, 0.4) is 0 Å². The molecular formula is C20H28N2O2. The fourth-order valence-corrected chi connectivity index (χ4v) is 2.32. The molecule has 0 bridgehead atoms. The molecule has 0 amide bonds. The molecule has 1 atom stereocenters. The molecule has 4 heteroatoms. The number of nitrogens with one attached hydrogen (secondary N) is 2. The summed E-state index contributed by atoms with van der Waals surface area (Å²) >= 11 is 0. The minimum absolute atomic E-state index is 0.299. The normalized spacial score (nSPS) is 12.1. The Morgan fingerprint density at radius 3 is 2.50 bits per heavy atom. The van der Waals surface area contributed by atoms with Gasteiger partial charge in [0, 0.05) is 26.2 Å². The Hall–Kier alpha value is -1.88. The molecule has 130 valence electrons. The van der Waals surface area contributed by atoms with Crippen molar-refractivity contribution in [3.05, 3.63) is 65.2 Å². The number of hydrogen-bond donors (Lipinski definition) is 3. The summed E-state index contributed by atoms with van der Waals surface area (Å²) in [6.07, 6.45) is -0.299. The second kappa shape index (κ2) is 10.1. The lowest BCUT2D eigenvalue weighted by Crippen LogP contribution is -2.31. The van der Waals surface area contributed by atoms with E-state index in [1.807, 2.05) is 12.1 Å². The molecule has 0 aliphatic heterocycles. The van der Waals surface area contributed by atoms with Crippen molar-refractivity contribution in [3.63, 3.8) is 0 Å². The van der Waals surface area contributed by atoms with E-state index in [4.69, 9.17) is 9.84 Å². The molecule has 24 heavy (non-hydrogen) atoms. The summed E-state index contributed by atoms with van der Waals surface area (Å²) in [4.78, 5) is 0. The van der Waals surface area contributed by atoms with Crippen LogP contribution in [0.4, 0.5) is 0 Å². The van der Waals surface area contributed by atoms with Crippen LogP contribution < -0.4 is 15.4 Å². The van der Waals surface area contributed by atoms with Gasteiger partial charge in [0.15, 0.2) is 0 Å². The van der Waals surface area contributed by atoms with Gasteiger partial charge in [-0.25, -0.2) is 0 Å². The quantitative estimate of drug-likeness (QED) is 0.587. The van der Waals surface area contributed by atoms with Gasteiger partial charge in [-0.05, 0) is 37.1 Å². The Kier molecular flexibility index (Phi) is 7.75. The van der Waals surface area contributed by atoms with Crippen LogP contribution in [0.5, 0.6) is 5.75 Å². The van der Waals surface area contributed by atoms with Crippen LogP contribution in [0, 0.1) is 6.92 Å². The van der Waals surface area contributed by atoms with Crippen LogP contribution in [-0.2, 0) is 13.2 Å². The molecule has 2 aromatic rings. The van der Waals surface area contributed by atoms with Crippen molar-refractivity contribution in [2.24, 2.45) is 0 Å². The lowest BCUT2D eigenvalue weighted by Gasteiger charge is -2.10. The molecule has 0 aliphatic rings. The molecule has 2 aromatic carbocycles. The van der Waals surface area contributed by atoms with E-state index in [1.165, 1.54) is 16.7 Å². The average molecular weight is 328 g/mol. The van der Waals surface area contributed by atoms with Crippen molar-refractivity contribution in [1.82, 2.24) is 10.6 Å². The van der Waals surface area contributed by atoms with Gasteiger partial charge >= 0.3 is 0 Å². The van der Waals surface area contributed by atoms with E-state index in [0.717, 1.165) is 25.4 Å². The molecule has 0 aromatic heterocycles. The highest BCUT2D eigenvalue weighted by atomic mass is 16.5. The van der Waals surface area contributed by atoms with Crippen LogP contribution in [-0.4, -0.2) is 30.8 Å². The fraction of sp³-hybridized carbons (Fsp3) is 0.400. The summed E-state index contributed by atoms with van der Waals surface area (Å²) in [6.45, 7) is 7.59. The van der Waals surface area contributed by atoms with E-state index in [-0.39, 0.29) is 6.10 Å². The number of aliphatic hydroxyl groups is 1. The molecule has 1 unspecified atom stereocenters. The van der Waals surface area contributed by atoms with Gasteiger partial charge in [0.05, 0.1) is 6.10 Å². The van der Waals surface area contributed by atoms with Gasteiger partial charge in [0.1, 0.15) is 12.4 Å². The van der Waals surface area contributed by atoms with Gasteiger partial charge in [-0.2, -0.15) is 0 Å². The Morgan fingerprint density at radius 2 is 1.75 bits per heavy atom. The minimum atomic E-state index is -0.299. The largest absolute Gasteiger partial charge is 0.489 e. The first-order valence-corrected chi connectivity index (χ1v) is 8.50. The highest BCUT2D eigenvalue weighted by Gasteiger charge is 1.99. The maximum absolute atomic E-state index is 9.17. The van der Waals surface area contributed by atoms with E-state index in [9.17, 15) is 0 Å². The van der Waals surface area contributed by atoms with E-state index in [1.54, 1.807) is 6.92 Å². The monoisotopic (exact) mass is 328 g/mol. The molecule has 0 aliphatic carbocycles. The zero-order chi connectivity index (χ0) is 17.2. The van der Waals surface area contributed by atoms with Gasteiger partial charge in [-0.15, -0.1) is 0 Å². The van der Waals surface area contributed by atoms with Crippen molar-refractivity contribution in [2.45, 2.75) is 33.1 Å². The van der Waals surface area contributed by atoms with Gasteiger partial charge in [0.2, 0.25) is 0 Å². The van der Waals surface area contributed by atoms with Gasteiger partial charge in [0.25, 0.3) is 0 Å². The Labute approximate surface area is 144 Å². The smallest absolute Gasteiger partial charge is 0.120 e. The number of ether oxygens (including phenoxy) is 1. The molecule has 0 radical (unpaired) electrons. The van der Waals surface area contributed by atoms with Crippen LogP contribution in [0.25, 0.3) is 0 Å². The third-order valence-corrected chi connectivity index (χ3v) is 3.67. The van der Waals surface area contributed by atoms with E-state index in [2.05, 4.69) is 54.0 Å². The zero-order valence-electron chi connectivity index (χ0n) is 14.6. The molecular weight excluding hydrogens is 300 g/mol. The molecule has 0 heterocycles. The molecule has 0 fully saturated rings. The summed E-state index contributed by atoms with van der Waals surface area (Å²) in [5.41, 5.74) is 3.63. The maximum atomic E-state index is 9.17. The van der Waals surface area contributed by atoms with Crippen LogP contribution >= 0.6 is 0 Å². The Morgan fingerprint density at radius 1 is 1.00 bits per heavy atom. The third kappa shape index (κ3) is 7.13. The number of hydrogen-bond acceptors (Lipinski definition) is 4. The SMILES string of the molecule is Cc1ccc(COc2cccc(CNCCNCC(C)O)c2)cc1. The molecule has 0 saturated carbocycles. The van der Waals surface area contributed by atoms with E-state index < -0.39 is 0 Å². The lowest BCUT2D eigenvalue weighted by molar-refractivity contribution is 0.191. The number of benzene rings is 2. The molecule has 0 saturated heterocycles. The molecule has 3 N–H and O–H groups in total. The number of rotatable bonds is 10. The number of aliphatic hydroxyl groups excluding tert-OH is 1. The predicted molar refractivity (Wildman–Crippen MR) is 98.2 cm³/mol. The molecule has 0 spiro atoms. The van der Waals surface area contributed by atoms with Crippen molar-refractivity contribution in [3.8, 4) is 5.75 Å². The summed E-state index contributed by atoms with van der Waals surface area (Å²) in [5.74, 6) is 0.891. The first kappa shape index (κ1) is 18.5. The van der Waals surface area contributed by atoms with Crippen molar-refractivity contribution in [1.29, 1.82) is 0 Å². The fourth-order valence-electron chi connectivity index (χ4n) is 2.32. The molecule has 2 rings (SSSR count). The summed E-state index contributed by atoms with van der Waals surface area (Å²) in [7, 11) is 0. The minimum Gasteiger partial charge on any atom is -0.489 e. The van der Waals surface area contributed by atoms with E-state index >= 15 is 0 Å². The summed E-state index contributed by atoms with van der Waals surface area (Å²) in [6, 6.07) is 16.6. The van der Waals surface area contributed by atoms with Crippen molar-refractivity contribution in [2.75, 3.05) is 19.6 Å². The summed E-state index contributed by atoms with van der Waals surface area (Å²) < 4.78 is 5.88. The number of aryl methyl sites for hydroxylation is 1. The van der Waals surface area contributed by atoms with E-state index in [0.29, 0.717) is 13.2 Å². The van der Waals surface area contributed by atoms with Crippen LogP contribution in [0.15, 0.2) is 48.5 Å². The molecule has 4 nitrogen and oxygen atoms in total. The first-order valence-electron chi connectivity index (χ1n) is 8.50. The third-order valence-electron chi connectivity index (χ3n) is 3.67. The topological polar surface area (TPSA) is 53.5 Å². The summed E-state index contributed by atoms with van der Waals surface area (Å²) in [5, 5.41) is 15.7. The highest BCUT2D eigenvalue weighted by Crippen LogP contribution is 2.15. The second-order valence-electron chi connectivity index (χ2n) is 6.15. The van der Waals surface area contributed by atoms with Crippen molar-refractivity contribution < 1.29 is 9.84 Å². The van der Waals surface area contributed by atoms with Gasteiger partial charge in [-0.3, -0.25) is 0 Å². The lowest BCUT2D eigenvalue weighted by atomic mass is 10.2. The standard InChI is InChI=1S/C20H28N2O2/c1-16-6-8-18(9-7-16)15-24-20-5-3-4-19(12-20)14-22-11-10-21-13-17(2)23/h3-9,12,17,21-23H,10-11,13-15H2,1-2H3. The maximum Gasteiger partial charge on any atom is 0.120 e.